The topological polar surface area (TPSA) is 75.5 Å². The number of para-hydroxylation sites is 1. The molecule has 8 heteroatoms. The minimum absolute atomic E-state index is 0.137. The Morgan fingerprint density at radius 3 is 2.69 bits per heavy atom. The Labute approximate surface area is 172 Å². The highest BCUT2D eigenvalue weighted by Crippen LogP contribution is 2.38. The van der Waals surface area contributed by atoms with E-state index in [4.69, 9.17) is 0 Å². The second-order valence-corrected chi connectivity index (χ2v) is 8.02. The number of ketones is 1. The second-order valence-electron chi connectivity index (χ2n) is 7.04. The molecule has 0 bridgehead atoms. The summed E-state index contributed by atoms with van der Waals surface area (Å²) >= 11 is 1.44. The number of carbonyl (C=O) groups excluding carboxylic acids is 3. The van der Waals surface area contributed by atoms with Crippen LogP contribution in [0.3, 0.4) is 0 Å². The van der Waals surface area contributed by atoms with Gasteiger partial charge in [-0.2, -0.15) is 0 Å². The number of aldehydes is 1. The minimum Gasteiger partial charge on any atom is -0.330 e. The summed E-state index contributed by atoms with van der Waals surface area (Å²) in [5, 5.41) is 0.710. The third kappa shape index (κ3) is 3.29. The molecule has 3 aromatic rings. The monoisotopic (exact) mass is 408 g/mol. The van der Waals surface area contributed by atoms with Crippen molar-refractivity contribution >= 4 is 46.6 Å². The van der Waals surface area contributed by atoms with Crippen molar-refractivity contribution in [2.45, 2.75) is 6.04 Å². The molecule has 4 rings (SSSR count). The fourth-order valence-corrected chi connectivity index (χ4v) is 4.87. The van der Waals surface area contributed by atoms with E-state index < -0.39 is 12.0 Å². The normalized spacial score (nSPS) is 18.8. The number of hydrogen-bond donors (Lipinski definition) is 0. The lowest BCUT2D eigenvalue weighted by Gasteiger charge is -2.22. The Morgan fingerprint density at radius 2 is 2.00 bits per heavy atom. The molecule has 2 aromatic heterocycles. The third-order valence-electron chi connectivity index (χ3n) is 5.02. The van der Waals surface area contributed by atoms with E-state index in [9.17, 15) is 14.4 Å². The first kappa shape index (κ1) is 19.2. The van der Waals surface area contributed by atoms with Gasteiger partial charge in [-0.1, -0.05) is 18.2 Å². The molecule has 1 saturated heterocycles. The number of Topliss-reactive ketones (excluding diaryl/α,β-unsaturated/α-hetero) is 1. The molecule has 3 heterocycles. The Bertz CT molecular complexity index is 1080. The third-order valence-corrected chi connectivity index (χ3v) is 6.26. The maximum Gasteiger partial charge on any atom is 0.328 e. The number of nitrogens with zero attached hydrogens (tertiary/aromatic N) is 4. The highest BCUT2D eigenvalue weighted by Gasteiger charge is 2.41. The Kier molecular flexibility index (Phi) is 5.10. The van der Waals surface area contributed by atoms with Gasteiger partial charge in [-0.3, -0.25) is 14.3 Å². The largest absolute Gasteiger partial charge is 0.330 e. The van der Waals surface area contributed by atoms with Gasteiger partial charge in [0.25, 0.3) is 0 Å². The van der Waals surface area contributed by atoms with Crippen LogP contribution in [0.15, 0.2) is 55.0 Å². The van der Waals surface area contributed by atoms with Gasteiger partial charge in [-0.15, -0.1) is 0 Å². The highest BCUT2D eigenvalue weighted by atomic mass is 32.2. The maximum absolute atomic E-state index is 13.5. The minimum atomic E-state index is -0.594. The number of benzene rings is 1. The number of pyridine rings is 1. The van der Waals surface area contributed by atoms with Gasteiger partial charge in [0.05, 0.1) is 23.3 Å². The second kappa shape index (κ2) is 7.71. The van der Waals surface area contributed by atoms with Crippen molar-refractivity contribution in [2.24, 2.45) is 5.92 Å². The quantitative estimate of drug-likeness (QED) is 0.375. The molecule has 1 aliphatic rings. The number of carbonyl (C=O) groups is 3. The van der Waals surface area contributed by atoms with Gasteiger partial charge in [-0.05, 0) is 30.1 Å². The number of rotatable bonds is 4. The lowest BCUT2D eigenvalue weighted by Crippen LogP contribution is -2.35. The van der Waals surface area contributed by atoms with E-state index in [0.29, 0.717) is 22.2 Å². The fourth-order valence-electron chi connectivity index (χ4n) is 3.57. The average Bonchev–Trinajstić information content (AvgIpc) is 3.35. The van der Waals surface area contributed by atoms with Gasteiger partial charge in [0, 0.05) is 43.2 Å². The molecule has 2 atom stereocenters. The molecule has 1 amide bonds. The maximum atomic E-state index is 13.5. The van der Waals surface area contributed by atoms with Crippen LogP contribution in [0.2, 0.25) is 0 Å². The molecule has 0 spiro atoms. The zero-order chi connectivity index (χ0) is 20.5. The first-order valence-corrected chi connectivity index (χ1v) is 10.1. The molecule has 0 N–H and O–H groups in total. The van der Waals surface area contributed by atoms with Crippen LogP contribution < -0.4 is 4.31 Å². The van der Waals surface area contributed by atoms with Crippen LogP contribution in [0.4, 0.5) is 10.5 Å². The molecular weight excluding hydrogens is 388 g/mol. The molecule has 29 heavy (non-hydrogen) atoms. The molecule has 0 saturated carbocycles. The SMILES string of the molecule is CN(C)C(=O)n1cc(C(=O)[C@H]2CSN(c3cccnc3)[C@@H]2C=O)c2ccccc21. The summed E-state index contributed by atoms with van der Waals surface area (Å²) in [6, 6.07) is 10.2. The smallest absolute Gasteiger partial charge is 0.328 e. The predicted octanol–water partition coefficient (Wildman–Crippen LogP) is 3.10. The van der Waals surface area contributed by atoms with E-state index in [1.807, 2.05) is 34.6 Å². The van der Waals surface area contributed by atoms with Gasteiger partial charge in [-0.25, -0.2) is 4.79 Å². The van der Waals surface area contributed by atoms with Gasteiger partial charge in [0.2, 0.25) is 0 Å². The molecule has 1 aliphatic heterocycles. The van der Waals surface area contributed by atoms with Crippen LogP contribution in [-0.2, 0) is 4.79 Å². The molecule has 0 radical (unpaired) electrons. The Balaban J connectivity index is 1.72. The van der Waals surface area contributed by atoms with Crippen LogP contribution in [-0.4, -0.2) is 58.4 Å². The summed E-state index contributed by atoms with van der Waals surface area (Å²) in [5.74, 6) is -0.160. The van der Waals surface area contributed by atoms with Gasteiger partial charge in [0.15, 0.2) is 5.78 Å². The molecule has 0 aliphatic carbocycles. The molecule has 0 unspecified atom stereocenters. The van der Waals surface area contributed by atoms with E-state index in [1.165, 1.54) is 21.4 Å². The van der Waals surface area contributed by atoms with Crippen molar-refractivity contribution in [2.75, 3.05) is 24.2 Å². The summed E-state index contributed by atoms with van der Waals surface area (Å²) in [7, 11) is 3.33. The van der Waals surface area contributed by atoms with Crippen LogP contribution in [0, 0.1) is 5.92 Å². The standard InChI is InChI=1S/C21H20N4O3S/c1-23(2)21(28)24-11-16(15-7-3-4-8-18(15)24)20(27)17-13-29-25(19(17)12-26)14-6-5-9-22-10-14/h3-12,17,19H,13H2,1-2H3/t17-,19+/m0/s1. The van der Waals surface area contributed by atoms with Crippen molar-refractivity contribution in [3.8, 4) is 0 Å². The van der Waals surface area contributed by atoms with Gasteiger partial charge in [0.1, 0.15) is 12.3 Å². The van der Waals surface area contributed by atoms with Crippen LogP contribution in [0.25, 0.3) is 10.9 Å². The Hall–Kier alpha value is -3.13. The van der Waals surface area contributed by atoms with E-state index in [1.54, 1.807) is 38.8 Å². The van der Waals surface area contributed by atoms with Crippen molar-refractivity contribution in [3.63, 3.8) is 0 Å². The summed E-state index contributed by atoms with van der Waals surface area (Å²) < 4.78 is 3.33. The van der Waals surface area contributed by atoms with E-state index in [2.05, 4.69) is 4.98 Å². The molecule has 148 valence electrons. The first-order chi connectivity index (χ1) is 14.0. The summed E-state index contributed by atoms with van der Waals surface area (Å²) in [6.45, 7) is 0. The van der Waals surface area contributed by atoms with Gasteiger partial charge >= 0.3 is 6.03 Å². The number of anilines is 1. The molecule has 1 aromatic carbocycles. The summed E-state index contributed by atoms with van der Waals surface area (Å²) in [4.78, 5) is 43.5. The molecule has 1 fully saturated rings. The van der Waals surface area contributed by atoms with Crippen molar-refractivity contribution in [1.82, 2.24) is 14.5 Å². The molecule has 7 nitrogen and oxygen atoms in total. The van der Waals surface area contributed by atoms with E-state index in [-0.39, 0.29) is 11.8 Å². The van der Waals surface area contributed by atoms with Crippen molar-refractivity contribution in [1.29, 1.82) is 0 Å². The first-order valence-electron chi connectivity index (χ1n) is 9.16. The van der Waals surface area contributed by atoms with Crippen LogP contribution >= 0.6 is 11.9 Å². The lowest BCUT2D eigenvalue weighted by atomic mass is 9.92. The lowest BCUT2D eigenvalue weighted by molar-refractivity contribution is -0.109. The number of fused-ring (bicyclic) bond motifs is 1. The Morgan fingerprint density at radius 1 is 1.21 bits per heavy atom. The average molecular weight is 408 g/mol. The van der Waals surface area contributed by atoms with E-state index in [0.717, 1.165) is 12.0 Å². The summed E-state index contributed by atoms with van der Waals surface area (Å²) in [6.07, 6.45) is 5.76. The zero-order valence-corrected chi connectivity index (χ0v) is 16.9. The zero-order valence-electron chi connectivity index (χ0n) is 16.1. The van der Waals surface area contributed by atoms with Crippen LogP contribution in [0.1, 0.15) is 10.4 Å². The van der Waals surface area contributed by atoms with Crippen molar-refractivity contribution < 1.29 is 14.4 Å². The van der Waals surface area contributed by atoms with Crippen LogP contribution in [0.5, 0.6) is 0 Å². The summed E-state index contributed by atoms with van der Waals surface area (Å²) in [5.41, 5.74) is 1.92. The highest BCUT2D eigenvalue weighted by molar-refractivity contribution is 8.01. The van der Waals surface area contributed by atoms with Crippen molar-refractivity contribution in [3.05, 3.63) is 60.6 Å². The number of amides is 1. The predicted molar refractivity (Wildman–Crippen MR) is 113 cm³/mol. The number of aromatic nitrogens is 2. The molecular formula is C21H20N4O3S. The fraction of sp³-hybridized carbons (Fsp3) is 0.238. The van der Waals surface area contributed by atoms with Gasteiger partial charge < -0.3 is 14.0 Å². The number of hydrogen-bond acceptors (Lipinski definition) is 6. The van der Waals surface area contributed by atoms with E-state index >= 15 is 0 Å².